The summed E-state index contributed by atoms with van der Waals surface area (Å²) in [5, 5.41) is 13.6. The van der Waals surface area contributed by atoms with Gasteiger partial charge in [0.05, 0.1) is 12.2 Å². The fourth-order valence-electron chi connectivity index (χ4n) is 4.24. The number of para-hydroxylation sites is 1. The number of anilines is 1. The van der Waals surface area contributed by atoms with Crippen LogP contribution < -0.4 is 5.32 Å². The lowest BCUT2D eigenvalue weighted by Crippen LogP contribution is -2.15. The van der Waals surface area contributed by atoms with Crippen molar-refractivity contribution in [3.63, 3.8) is 0 Å². The van der Waals surface area contributed by atoms with E-state index in [4.69, 9.17) is 4.74 Å². The molecular weight excluding hydrogens is 470 g/mol. The van der Waals surface area contributed by atoms with Gasteiger partial charge in [0, 0.05) is 28.0 Å². The maximum Gasteiger partial charge on any atom is 0.341 e. The summed E-state index contributed by atoms with van der Waals surface area (Å²) in [4.78, 5) is 34.4. The minimum atomic E-state index is -0.349. The molecule has 0 saturated carbocycles. The molecule has 0 atom stereocenters. The van der Waals surface area contributed by atoms with Crippen LogP contribution in [0.4, 0.5) is 5.00 Å². The molecule has 0 unspecified atom stereocenters. The first-order valence-corrected chi connectivity index (χ1v) is 13.3. The van der Waals surface area contributed by atoms with Gasteiger partial charge in [-0.2, -0.15) is 0 Å². The number of aryl methyl sites for hydroxylation is 1. The number of rotatable bonds is 7. The molecule has 1 aliphatic carbocycles. The predicted octanol–water partition coefficient (Wildman–Crippen LogP) is 5.13. The quantitative estimate of drug-likeness (QED) is 0.208. The van der Waals surface area contributed by atoms with Crippen molar-refractivity contribution in [2.45, 2.75) is 50.6 Å². The Kier molecular flexibility index (Phi) is 6.77. The molecule has 1 aromatic carbocycles. The van der Waals surface area contributed by atoms with Crippen LogP contribution in [0.2, 0.25) is 0 Å². The minimum Gasteiger partial charge on any atom is -0.462 e. The Morgan fingerprint density at radius 2 is 2.03 bits per heavy atom. The molecule has 0 aliphatic heterocycles. The number of esters is 1. The van der Waals surface area contributed by atoms with Crippen LogP contribution in [0.25, 0.3) is 22.1 Å². The van der Waals surface area contributed by atoms with Crippen LogP contribution in [0.15, 0.2) is 29.4 Å². The first kappa shape index (κ1) is 22.8. The third-order valence-corrected chi connectivity index (χ3v) is 7.86. The van der Waals surface area contributed by atoms with Crippen molar-refractivity contribution in [3.8, 4) is 0 Å². The molecule has 0 saturated heterocycles. The number of ether oxygens (including phenoxy) is 1. The van der Waals surface area contributed by atoms with Gasteiger partial charge >= 0.3 is 5.97 Å². The number of nitrogens with one attached hydrogen (secondary N) is 2. The Bertz CT molecular complexity index is 1360. The molecule has 0 bridgehead atoms. The molecular formula is C24H25N5O3S2. The summed E-state index contributed by atoms with van der Waals surface area (Å²) in [6, 6.07) is 7.87. The molecule has 3 aromatic heterocycles. The first-order valence-electron chi connectivity index (χ1n) is 11.5. The van der Waals surface area contributed by atoms with E-state index in [9.17, 15) is 9.59 Å². The smallest absolute Gasteiger partial charge is 0.341 e. The second-order valence-corrected chi connectivity index (χ2v) is 10.3. The average molecular weight is 496 g/mol. The summed E-state index contributed by atoms with van der Waals surface area (Å²) in [5.74, 6) is 0.00538. The van der Waals surface area contributed by atoms with E-state index in [-0.39, 0.29) is 18.3 Å². The van der Waals surface area contributed by atoms with Crippen LogP contribution in [-0.2, 0) is 22.4 Å². The van der Waals surface area contributed by atoms with E-state index in [0.717, 1.165) is 54.1 Å². The Hall–Kier alpha value is -2.98. The largest absolute Gasteiger partial charge is 0.462 e. The fraction of sp³-hybridized carbons (Fsp3) is 0.375. The molecule has 2 N–H and O–H groups in total. The van der Waals surface area contributed by atoms with Crippen molar-refractivity contribution >= 4 is 62.0 Å². The number of hydrogen-bond acceptors (Lipinski definition) is 8. The highest BCUT2D eigenvalue weighted by atomic mass is 32.2. The highest BCUT2D eigenvalue weighted by Gasteiger charge is 2.26. The number of carbonyl (C=O) groups excluding carboxylic acids is 2. The van der Waals surface area contributed by atoms with Crippen molar-refractivity contribution in [3.05, 3.63) is 40.3 Å². The van der Waals surface area contributed by atoms with Crippen LogP contribution in [0.3, 0.4) is 0 Å². The van der Waals surface area contributed by atoms with Gasteiger partial charge in [0.2, 0.25) is 11.1 Å². The van der Waals surface area contributed by atoms with Gasteiger partial charge in [-0.05, 0) is 44.2 Å². The van der Waals surface area contributed by atoms with Gasteiger partial charge in [0.1, 0.15) is 10.5 Å². The number of aromatic nitrogens is 4. The highest BCUT2D eigenvalue weighted by molar-refractivity contribution is 7.99. The zero-order valence-electron chi connectivity index (χ0n) is 18.8. The lowest BCUT2D eigenvalue weighted by molar-refractivity contribution is -0.115. The van der Waals surface area contributed by atoms with Crippen molar-refractivity contribution in [1.29, 1.82) is 0 Å². The number of thioether (sulfide) groups is 1. The number of nitrogens with zero attached hydrogens (tertiary/aromatic N) is 3. The molecule has 1 amide bonds. The molecule has 34 heavy (non-hydrogen) atoms. The molecule has 10 heteroatoms. The normalized spacial score (nSPS) is 13.6. The highest BCUT2D eigenvalue weighted by Crippen LogP contribution is 2.38. The lowest BCUT2D eigenvalue weighted by atomic mass is 10.1. The fourth-order valence-corrected chi connectivity index (χ4v) is 6.26. The molecule has 0 spiro atoms. The van der Waals surface area contributed by atoms with Crippen molar-refractivity contribution in [2.75, 3.05) is 17.7 Å². The summed E-state index contributed by atoms with van der Waals surface area (Å²) >= 11 is 2.89. The molecule has 8 nitrogen and oxygen atoms in total. The van der Waals surface area contributed by atoms with Crippen molar-refractivity contribution in [1.82, 2.24) is 20.2 Å². The van der Waals surface area contributed by atoms with Gasteiger partial charge in [-0.1, -0.05) is 36.4 Å². The van der Waals surface area contributed by atoms with Crippen LogP contribution in [0.5, 0.6) is 0 Å². The van der Waals surface area contributed by atoms with Gasteiger partial charge in [-0.25, -0.2) is 9.78 Å². The second-order valence-electron chi connectivity index (χ2n) is 8.10. The second kappa shape index (κ2) is 10.1. The van der Waals surface area contributed by atoms with Crippen LogP contribution >= 0.6 is 23.1 Å². The van der Waals surface area contributed by atoms with E-state index >= 15 is 0 Å². The molecule has 5 rings (SSSR count). The van der Waals surface area contributed by atoms with Crippen molar-refractivity contribution in [2.24, 2.45) is 0 Å². The summed E-state index contributed by atoms with van der Waals surface area (Å²) in [5.41, 5.74) is 3.98. The number of thiophene rings is 1. The third kappa shape index (κ3) is 4.65. The van der Waals surface area contributed by atoms with E-state index in [1.165, 1.54) is 28.0 Å². The summed E-state index contributed by atoms with van der Waals surface area (Å²) < 4.78 is 5.30. The molecule has 176 valence electrons. The number of H-pyrrole nitrogens is 1. The van der Waals surface area contributed by atoms with E-state index < -0.39 is 0 Å². The number of carbonyl (C=O) groups is 2. The zero-order valence-corrected chi connectivity index (χ0v) is 20.5. The number of hydrogen-bond donors (Lipinski definition) is 2. The molecule has 1 aliphatic rings. The van der Waals surface area contributed by atoms with Crippen LogP contribution in [0.1, 0.15) is 53.4 Å². The van der Waals surface area contributed by atoms with E-state index in [1.807, 2.05) is 24.3 Å². The first-order chi connectivity index (χ1) is 16.6. The molecule has 0 radical (unpaired) electrons. The topological polar surface area (TPSA) is 110 Å². The number of benzene rings is 1. The minimum absolute atomic E-state index is 0.144. The molecule has 4 aromatic rings. The predicted molar refractivity (Wildman–Crippen MR) is 135 cm³/mol. The summed E-state index contributed by atoms with van der Waals surface area (Å²) in [7, 11) is 0. The van der Waals surface area contributed by atoms with Gasteiger partial charge in [-0.15, -0.1) is 21.5 Å². The van der Waals surface area contributed by atoms with Crippen LogP contribution in [0, 0.1) is 0 Å². The zero-order chi connectivity index (χ0) is 23.5. The summed E-state index contributed by atoms with van der Waals surface area (Å²) in [6.45, 7) is 2.10. The lowest BCUT2D eigenvalue weighted by Gasteiger charge is -2.08. The number of amides is 1. The van der Waals surface area contributed by atoms with Gasteiger partial charge in [-0.3, -0.25) is 4.79 Å². The Labute approximate surface area is 204 Å². The number of aromatic amines is 1. The molecule has 3 heterocycles. The maximum atomic E-state index is 12.7. The number of fused-ring (bicyclic) bond motifs is 4. The Morgan fingerprint density at radius 3 is 2.91 bits per heavy atom. The van der Waals surface area contributed by atoms with Gasteiger partial charge in [0.15, 0.2) is 5.65 Å². The standard InChI is InChI=1S/C24H25N5O3S2/c1-2-32-23(31)19-15-9-4-3-5-11-17(15)34-22(19)26-18(30)12-13-33-24-27-21-20(28-29-24)14-8-6-7-10-16(14)25-21/h6-8,10H,2-5,9,11-13H2,1H3,(H,26,30)(H,25,27,29). The Morgan fingerprint density at radius 1 is 1.18 bits per heavy atom. The summed E-state index contributed by atoms with van der Waals surface area (Å²) in [6.07, 6.45) is 5.38. The van der Waals surface area contributed by atoms with E-state index in [0.29, 0.717) is 33.7 Å². The van der Waals surface area contributed by atoms with Crippen LogP contribution in [-0.4, -0.2) is 44.4 Å². The SMILES string of the molecule is CCOC(=O)c1c(NC(=O)CCSc2nnc3c(n2)[nH]c2ccccc23)sc2c1CCCCC2. The molecule has 0 fully saturated rings. The third-order valence-electron chi connectivity index (χ3n) is 5.82. The van der Waals surface area contributed by atoms with E-state index in [2.05, 4.69) is 25.5 Å². The van der Waals surface area contributed by atoms with Gasteiger partial charge < -0.3 is 15.0 Å². The monoisotopic (exact) mass is 495 g/mol. The maximum absolute atomic E-state index is 12.7. The Balaban J connectivity index is 1.25. The van der Waals surface area contributed by atoms with Crippen molar-refractivity contribution < 1.29 is 14.3 Å². The van der Waals surface area contributed by atoms with E-state index in [1.54, 1.807) is 6.92 Å². The average Bonchev–Trinajstić information content (AvgIpc) is 3.27. The van der Waals surface area contributed by atoms with Gasteiger partial charge in [0.25, 0.3) is 0 Å².